The van der Waals surface area contributed by atoms with Crippen LogP contribution in [0.25, 0.3) is 0 Å². The van der Waals surface area contributed by atoms with Gasteiger partial charge in [0.1, 0.15) is 17.3 Å². The largest absolute Gasteiger partial charge is 0.497 e. The van der Waals surface area contributed by atoms with E-state index in [4.69, 9.17) is 9.47 Å². The standard InChI is InChI=1S/C24H25FN2O4/c1-30-18-7-8-19-21(11-18)31-24(27-23(19)29)12-15-5-6-16(24)10-20(15)22(28)26-13-14-3-2-4-17(25)9-14/h2-4,7-9,11,15-16,20H,5-6,10,12-13H2,1H3,(H,26,28)(H,27,29)/t15-,16+,20-,24-/m1/s1. The molecule has 3 aliphatic carbocycles. The van der Waals surface area contributed by atoms with E-state index in [1.807, 2.05) is 0 Å². The molecule has 1 heterocycles. The Bertz CT molecular complexity index is 1040. The maximum Gasteiger partial charge on any atom is 0.258 e. The highest BCUT2D eigenvalue weighted by molar-refractivity contribution is 5.98. The molecule has 3 saturated carbocycles. The molecule has 0 saturated heterocycles. The Balaban J connectivity index is 1.30. The fraction of sp³-hybridized carbons (Fsp3) is 0.417. The minimum absolute atomic E-state index is 0.0157. The van der Waals surface area contributed by atoms with Gasteiger partial charge in [0.05, 0.1) is 12.7 Å². The van der Waals surface area contributed by atoms with Crippen LogP contribution in [-0.2, 0) is 11.3 Å². The normalized spacial score (nSPS) is 28.5. The number of methoxy groups -OCH3 is 1. The molecular weight excluding hydrogens is 399 g/mol. The van der Waals surface area contributed by atoms with E-state index in [1.54, 1.807) is 37.4 Å². The molecule has 31 heavy (non-hydrogen) atoms. The maximum atomic E-state index is 13.4. The van der Waals surface area contributed by atoms with Crippen molar-refractivity contribution >= 4 is 11.8 Å². The summed E-state index contributed by atoms with van der Waals surface area (Å²) in [5, 5.41) is 6.07. The third-order valence-electron chi connectivity index (χ3n) is 6.96. The highest BCUT2D eigenvalue weighted by atomic mass is 19.1. The first-order chi connectivity index (χ1) is 15.0. The van der Waals surface area contributed by atoms with Crippen LogP contribution in [0.2, 0.25) is 0 Å². The number of benzene rings is 2. The summed E-state index contributed by atoms with van der Waals surface area (Å²) in [7, 11) is 1.58. The van der Waals surface area contributed by atoms with Gasteiger partial charge in [-0.1, -0.05) is 12.1 Å². The third kappa shape index (κ3) is 3.52. The topological polar surface area (TPSA) is 76.7 Å². The van der Waals surface area contributed by atoms with Gasteiger partial charge in [0.15, 0.2) is 5.72 Å². The third-order valence-corrected chi connectivity index (χ3v) is 6.96. The maximum absolute atomic E-state index is 13.4. The zero-order chi connectivity index (χ0) is 21.6. The SMILES string of the molecule is COc1ccc2c(c1)O[C@@]1(C[C@H]3CC[C@H]1C[C@H]3C(=O)NCc1cccc(F)c1)NC2=O. The molecule has 3 fully saturated rings. The monoisotopic (exact) mass is 424 g/mol. The van der Waals surface area contributed by atoms with Gasteiger partial charge in [-0.05, 0) is 55.0 Å². The van der Waals surface area contributed by atoms with Crippen molar-refractivity contribution in [3.05, 3.63) is 59.4 Å². The lowest BCUT2D eigenvalue weighted by Gasteiger charge is -2.55. The molecule has 162 valence electrons. The number of carbonyl (C=O) groups excluding carboxylic acids is 2. The molecule has 0 aromatic heterocycles. The van der Waals surface area contributed by atoms with Crippen LogP contribution in [0.1, 0.15) is 41.6 Å². The van der Waals surface area contributed by atoms with Crippen LogP contribution in [0.3, 0.4) is 0 Å². The summed E-state index contributed by atoms with van der Waals surface area (Å²) >= 11 is 0. The van der Waals surface area contributed by atoms with Crippen molar-refractivity contribution in [3.63, 3.8) is 0 Å². The average Bonchev–Trinajstić information content (AvgIpc) is 2.77. The molecule has 7 heteroatoms. The number of rotatable bonds is 4. The zero-order valence-electron chi connectivity index (χ0n) is 17.3. The smallest absolute Gasteiger partial charge is 0.258 e. The first-order valence-corrected chi connectivity index (χ1v) is 10.7. The summed E-state index contributed by atoms with van der Waals surface area (Å²) < 4.78 is 25.1. The fourth-order valence-corrected chi connectivity index (χ4v) is 5.41. The summed E-state index contributed by atoms with van der Waals surface area (Å²) in [6.07, 6.45) is 3.07. The quantitative estimate of drug-likeness (QED) is 0.789. The van der Waals surface area contributed by atoms with Gasteiger partial charge in [0, 0.05) is 30.9 Å². The van der Waals surface area contributed by atoms with E-state index in [9.17, 15) is 14.0 Å². The molecule has 2 aromatic carbocycles. The van der Waals surface area contributed by atoms with E-state index >= 15 is 0 Å². The number of nitrogens with one attached hydrogen (secondary N) is 2. The van der Waals surface area contributed by atoms with E-state index in [1.165, 1.54) is 12.1 Å². The van der Waals surface area contributed by atoms with Gasteiger partial charge in [-0.2, -0.15) is 0 Å². The Hall–Kier alpha value is -3.09. The second-order valence-corrected chi connectivity index (χ2v) is 8.74. The number of amides is 2. The van der Waals surface area contributed by atoms with Crippen LogP contribution in [0, 0.1) is 23.6 Å². The van der Waals surface area contributed by atoms with E-state index < -0.39 is 5.72 Å². The van der Waals surface area contributed by atoms with Crippen LogP contribution in [-0.4, -0.2) is 24.6 Å². The molecule has 0 radical (unpaired) electrons. The predicted octanol–water partition coefficient (Wildman–Crippen LogP) is 3.41. The van der Waals surface area contributed by atoms with Gasteiger partial charge < -0.3 is 20.1 Å². The molecule has 2 amide bonds. The first-order valence-electron chi connectivity index (χ1n) is 10.7. The second-order valence-electron chi connectivity index (χ2n) is 8.74. The summed E-state index contributed by atoms with van der Waals surface area (Å²) in [5.41, 5.74) is 0.454. The highest BCUT2D eigenvalue weighted by Crippen LogP contribution is 2.52. The Morgan fingerprint density at radius 1 is 1.29 bits per heavy atom. The number of fused-ring (bicyclic) bond motifs is 3. The van der Waals surface area contributed by atoms with Crippen LogP contribution in [0.15, 0.2) is 42.5 Å². The molecule has 4 aliphatic rings. The molecule has 1 aliphatic heterocycles. The Morgan fingerprint density at radius 2 is 2.16 bits per heavy atom. The number of carbonyl (C=O) groups is 2. The lowest BCUT2D eigenvalue weighted by Crippen LogP contribution is -2.66. The zero-order valence-corrected chi connectivity index (χ0v) is 17.3. The van der Waals surface area contributed by atoms with Gasteiger partial charge in [0.25, 0.3) is 5.91 Å². The first kappa shape index (κ1) is 19.8. The van der Waals surface area contributed by atoms with Gasteiger partial charge >= 0.3 is 0 Å². The lowest BCUT2D eigenvalue weighted by atomic mass is 9.60. The van der Waals surface area contributed by atoms with Crippen LogP contribution in [0.5, 0.6) is 11.5 Å². The molecule has 2 N–H and O–H groups in total. The summed E-state index contributed by atoms with van der Waals surface area (Å²) in [6.45, 7) is 0.302. The van der Waals surface area contributed by atoms with Crippen molar-refractivity contribution in [1.82, 2.24) is 10.6 Å². The van der Waals surface area contributed by atoms with Crippen molar-refractivity contribution in [3.8, 4) is 11.5 Å². The van der Waals surface area contributed by atoms with E-state index in [0.717, 1.165) is 18.4 Å². The molecule has 6 rings (SSSR count). The van der Waals surface area contributed by atoms with Gasteiger partial charge in [-0.3, -0.25) is 9.59 Å². The Kier molecular flexibility index (Phi) is 4.84. The molecule has 2 aromatic rings. The highest BCUT2D eigenvalue weighted by Gasteiger charge is 2.57. The van der Waals surface area contributed by atoms with Crippen molar-refractivity contribution < 1.29 is 23.5 Å². The van der Waals surface area contributed by atoms with Crippen molar-refractivity contribution in [1.29, 1.82) is 0 Å². The average molecular weight is 424 g/mol. The molecule has 1 spiro atoms. The van der Waals surface area contributed by atoms with Gasteiger partial charge in [-0.25, -0.2) is 4.39 Å². The van der Waals surface area contributed by atoms with Crippen LogP contribution in [0.4, 0.5) is 4.39 Å². The molecule has 6 nitrogen and oxygen atoms in total. The summed E-state index contributed by atoms with van der Waals surface area (Å²) in [4.78, 5) is 25.7. The summed E-state index contributed by atoms with van der Waals surface area (Å²) in [6, 6.07) is 11.4. The van der Waals surface area contributed by atoms with Crippen molar-refractivity contribution in [2.24, 2.45) is 17.8 Å². The van der Waals surface area contributed by atoms with Crippen molar-refractivity contribution in [2.75, 3.05) is 7.11 Å². The van der Waals surface area contributed by atoms with Crippen LogP contribution >= 0.6 is 0 Å². The molecule has 0 unspecified atom stereocenters. The molecule has 2 bridgehead atoms. The van der Waals surface area contributed by atoms with Gasteiger partial charge in [0.2, 0.25) is 5.91 Å². The lowest BCUT2D eigenvalue weighted by molar-refractivity contribution is -0.146. The van der Waals surface area contributed by atoms with E-state index in [0.29, 0.717) is 36.4 Å². The summed E-state index contributed by atoms with van der Waals surface area (Å²) in [5.74, 6) is 0.719. The second kappa shape index (κ2) is 7.55. The Morgan fingerprint density at radius 3 is 2.90 bits per heavy atom. The fourth-order valence-electron chi connectivity index (χ4n) is 5.41. The van der Waals surface area contributed by atoms with Crippen LogP contribution < -0.4 is 20.1 Å². The number of hydrogen-bond donors (Lipinski definition) is 2. The number of halogens is 1. The number of ether oxygens (including phenoxy) is 2. The predicted molar refractivity (Wildman–Crippen MR) is 111 cm³/mol. The minimum atomic E-state index is -0.779. The molecular formula is C24H25FN2O4. The van der Waals surface area contributed by atoms with Gasteiger partial charge in [-0.15, -0.1) is 0 Å². The number of hydrogen-bond acceptors (Lipinski definition) is 4. The van der Waals surface area contributed by atoms with E-state index in [2.05, 4.69) is 10.6 Å². The van der Waals surface area contributed by atoms with E-state index in [-0.39, 0.29) is 35.4 Å². The van der Waals surface area contributed by atoms with Crippen molar-refractivity contribution in [2.45, 2.75) is 38.0 Å². The minimum Gasteiger partial charge on any atom is -0.497 e. The Labute approximate surface area is 180 Å². The molecule has 4 atom stereocenters.